The number of benzene rings is 1. The molecule has 4 N–H and O–H groups in total. The predicted molar refractivity (Wildman–Crippen MR) is 121 cm³/mol. The van der Waals surface area contributed by atoms with Gasteiger partial charge in [0.05, 0.1) is 26.1 Å². The van der Waals surface area contributed by atoms with E-state index in [1.54, 1.807) is 25.5 Å². The lowest BCUT2D eigenvalue weighted by Crippen LogP contribution is -2.12. The highest BCUT2D eigenvalue weighted by molar-refractivity contribution is 5.52. The van der Waals surface area contributed by atoms with Crippen molar-refractivity contribution in [3.8, 4) is 11.6 Å². The van der Waals surface area contributed by atoms with Crippen LogP contribution in [0.4, 0.5) is 17.6 Å². The molecule has 0 atom stereocenters. The number of hydrogen-bond acceptors (Lipinski definition) is 10. The maximum Gasteiger partial charge on any atom is 0.259 e. The molecule has 0 saturated carbocycles. The summed E-state index contributed by atoms with van der Waals surface area (Å²) in [4.78, 5) is 13.0. The fraction of sp³-hybridized carbons (Fsp3) is 0.333. The second kappa shape index (κ2) is 10.6. The van der Waals surface area contributed by atoms with Gasteiger partial charge in [-0.1, -0.05) is 12.1 Å². The third kappa shape index (κ3) is 5.50. The van der Waals surface area contributed by atoms with Gasteiger partial charge in [0.15, 0.2) is 5.76 Å². The van der Waals surface area contributed by atoms with Crippen molar-refractivity contribution in [1.82, 2.24) is 24.6 Å². The van der Waals surface area contributed by atoms with Gasteiger partial charge in [0.25, 0.3) is 5.78 Å². The molecule has 11 heteroatoms. The molecule has 3 heterocycles. The van der Waals surface area contributed by atoms with Crippen LogP contribution < -0.4 is 16.4 Å². The van der Waals surface area contributed by atoms with E-state index in [0.717, 1.165) is 18.7 Å². The molecule has 0 radical (unpaired) electrons. The number of furan rings is 1. The normalized spacial score (nSPS) is 11.2. The number of fused-ring (bicyclic) bond motifs is 1. The zero-order chi connectivity index (χ0) is 22.2. The predicted octanol–water partition coefficient (Wildman–Crippen LogP) is 2.09. The summed E-state index contributed by atoms with van der Waals surface area (Å²) < 4.78 is 17.1. The molecule has 0 aliphatic rings. The molecular formula is C21H26N8O3. The van der Waals surface area contributed by atoms with Crippen LogP contribution in [0.5, 0.6) is 0 Å². The van der Waals surface area contributed by atoms with Gasteiger partial charge >= 0.3 is 0 Å². The number of rotatable bonds is 12. The summed E-state index contributed by atoms with van der Waals surface area (Å²) >= 11 is 0. The number of hydrogen-bond donors (Lipinski definition) is 3. The quantitative estimate of drug-likeness (QED) is 0.282. The Morgan fingerprint density at radius 2 is 1.88 bits per heavy atom. The van der Waals surface area contributed by atoms with Gasteiger partial charge in [-0.25, -0.2) is 0 Å². The van der Waals surface area contributed by atoms with Gasteiger partial charge in [0.2, 0.25) is 17.7 Å². The lowest BCUT2D eigenvalue weighted by molar-refractivity contribution is 0.0759. The van der Waals surface area contributed by atoms with Gasteiger partial charge in [-0.3, -0.25) is 0 Å². The first-order chi connectivity index (χ1) is 15.7. The molecule has 0 bridgehead atoms. The minimum Gasteiger partial charge on any atom is -0.461 e. The average Bonchev–Trinajstić information content (AvgIpc) is 3.47. The van der Waals surface area contributed by atoms with Crippen LogP contribution in [0, 0.1) is 0 Å². The molecule has 0 amide bonds. The van der Waals surface area contributed by atoms with E-state index >= 15 is 0 Å². The van der Waals surface area contributed by atoms with Crippen molar-refractivity contribution in [2.24, 2.45) is 0 Å². The molecule has 11 nitrogen and oxygen atoms in total. The van der Waals surface area contributed by atoms with Crippen LogP contribution in [0.3, 0.4) is 0 Å². The van der Waals surface area contributed by atoms with E-state index < -0.39 is 0 Å². The highest BCUT2D eigenvalue weighted by Gasteiger charge is 2.13. The van der Waals surface area contributed by atoms with Crippen molar-refractivity contribution in [2.45, 2.75) is 6.42 Å². The number of methoxy groups -OCH3 is 1. The Hall–Kier alpha value is -3.70. The molecule has 0 aliphatic heterocycles. The molecule has 4 rings (SSSR count). The van der Waals surface area contributed by atoms with E-state index in [1.165, 1.54) is 10.1 Å². The van der Waals surface area contributed by atoms with E-state index in [9.17, 15) is 0 Å². The molecule has 0 saturated heterocycles. The van der Waals surface area contributed by atoms with E-state index in [4.69, 9.17) is 19.6 Å². The summed E-state index contributed by atoms with van der Waals surface area (Å²) in [5, 5.41) is 10.8. The number of aromatic nitrogens is 5. The van der Waals surface area contributed by atoms with Gasteiger partial charge in [-0.05, 0) is 36.2 Å². The van der Waals surface area contributed by atoms with Crippen molar-refractivity contribution < 1.29 is 13.9 Å². The molecule has 0 fully saturated rings. The number of nitrogen functional groups attached to an aromatic ring is 1. The van der Waals surface area contributed by atoms with Crippen molar-refractivity contribution in [1.29, 1.82) is 0 Å². The topological polar surface area (TPSA) is 138 Å². The lowest BCUT2D eigenvalue weighted by atomic mass is 10.1. The van der Waals surface area contributed by atoms with Crippen LogP contribution in [0.2, 0.25) is 0 Å². The standard InChI is InChI=1S/C21H26N8O3/c1-30-13-14-31-12-10-23-16-6-4-15(5-7-16)8-9-24-20-26-19(22)29-21(27-20)25-18(28-29)17-3-2-11-32-17/h2-7,11,23H,8-10,12-14H2,1H3,(H3,22,24,25,26,27,28). The third-order valence-corrected chi connectivity index (χ3v) is 4.63. The zero-order valence-corrected chi connectivity index (χ0v) is 17.8. The Kier molecular flexibility index (Phi) is 7.10. The molecule has 0 spiro atoms. The van der Waals surface area contributed by atoms with Gasteiger partial charge in [-0.15, -0.1) is 5.10 Å². The summed E-state index contributed by atoms with van der Waals surface area (Å²) in [6.07, 6.45) is 2.36. The second-order valence-electron chi connectivity index (χ2n) is 6.94. The maximum atomic E-state index is 6.01. The summed E-state index contributed by atoms with van der Waals surface area (Å²) in [6.45, 7) is 3.25. The lowest BCUT2D eigenvalue weighted by Gasteiger charge is -2.09. The first-order valence-electron chi connectivity index (χ1n) is 10.3. The number of ether oxygens (including phenoxy) is 2. The van der Waals surface area contributed by atoms with Gasteiger partial charge < -0.3 is 30.3 Å². The Balaban J connectivity index is 1.27. The molecule has 32 heavy (non-hydrogen) atoms. The fourth-order valence-electron chi connectivity index (χ4n) is 3.01. The number of nitrogens with zero attached hydrogens (tertiary/aromatic N) is 5. The Morgan fingerprint density at radius 1 is 1.00 bits per heavy atom. The summed E-state index contributed by atoms with van der Waals surface area (Å²) in [7, 11) is 1.66. The van der Waals surface area contributed by atoms with E-state index in [0.29, 0.717) is 49.7 Å². The first-order valence-corrected chi connectivity index (χ1v) is 10.3. The fourth-order valence-corrected chi connectivity index (χ4v) is 3.01. The Bertz CT molecular complexity index is 1110. The van der Waals surface area contributed by atoms with Crippen LogP contribution in [-0.4, -0.2) is 64.6 Å². The molecule has 3 aromatic heterocycles. The minimum absolute atomic E-state index is 0.199. The van der Waals surface area contributed by atoms with Crippen LogP contribution in [0.25, 0.3) is 17.4 Å². The summed E-state index contributed by atoms with van der Waals surface area (Å²) in [6, 6.07) is 11.8. The number of nitrogens with two attached hydrogens (primary N) is 1. The Labute approximate surface area is 185 Å². The van der Waals surface area contributed by atoms with Crippen molar-refractivity contribution in [3.05, 3.63) is 48.2 Å². The first kappa shape index (κ1) is 21.5. The second-order valence-corrected chi connectivity index (χ2v) is 6.94. The zero-order valence-electron chi connectivity index (χ0n) is 17.8. The number of anilines is 3. The van der Waals surface area contributed by atoms with Crippen LogP contribution in [0.15, 0.2) is 47.1 Å². The van der Waals surface area contributed by atoms with Crippen molar-refractivity contribution in [3.63, 3.8) is 0 Å². The molecule has 168 valence electrons. The van der Waals surface area contributed by atoms with Crippen LogP contribution in [-0.2, 0) is 15.9 Å². The molecular weight excluding hydrogens is 412 g/mol. The monoisotopic (exact) mass is 438 g/mol. The highest BCUT2D eigenvalue weighted by Crippen LogP contribution is 2.17. The van der Waals surface area contributed by atoms with Gasteiger partial charge in [-0.2, -0.15) is 19.5 Å². The summed E-state index contributed by atoms with van der Waals surface area (Å²) in [5.41, 5.74) is 8.26. The van der Waals surface area contributed by atoms with E-state index in [1.807, 2.05) is 0 Å². The maximum absolute atomic E-state index is 6.01. The molecule has 0 unspecified atom stereocenters. The largest absolute Gasteiger partial charge is 0.461 e. The van der Waals surface area contributed by atoms with Crippen molar-refractivity contribution in [2.75, 3.05) is 56.4 Å². The van der Waals surface area contributed by atoms with Crippen LogP contribution >= 0.6 is 0 Å². The van der Waals surface area contributed by atoms with Crippen LogP contribution in [0.1, 0.15) is 5.56 Å². The smallest absolute Gasteiger partial charge is 0.259 e. The summed E-state index contributed by atoms with van der Waals surface area (Å²) in [5.74, 6) is 1.90. The third-order valence-electron chi connectivity index (χ3n) is 4.63. The van der Waals surface area contributed by atoms with Crippen molar-refractivity contribution >= 4 is 23.4 Å². The molecule has 1 aromatic carbocycles. The van der Waals surface area contributed by atoms with E-state index in [2.05, 4.69) is 54.9 Å². The molecule has 0 aliphatic carbocycles. The van der Waals surface area contributed by atoms with Gasteiger partial charge in [0.1, 0.15) is 0 Å². The molecule has 4 aromatic rings. The minimum atomic E-state index is 0.199. The average molecular weight is 438 g/mol. The SMILES string of the molecule is COCCOCCNc1ccc(CCNc2nc(N)n3nc(-c4ccco4)nc3n2)cc1. The van der Waals surface area contributed by atoms with Gasteiger partial charge in [0, 0.05) is 25.9 Å². The Morgan fingerprint density at radius 3 is 2.66 bits per heavy atom. The highest BCUT2D eigenvalue weighted by atomic mass is 16.5. The van der Waals surface area contributed by atoms with E-state index in [-0.39, 0.29) is 5.95 Å². The number of nitrogens with one attached hydrogen (secondary N) is 2.